The van der Waals surface area contributed by atoms with E-state index in [9.17, 15) is 5.11 Å². The molecule has 0 bridgehead atoms. The molecule has 2 N–H and O–H groups in total. The zero-order valence-corrected chi connectivity index (χ0v) is 19.8. The Hall–Kier alpha value is -1.26. The average Bonchev–Trinajstić information content (AvgIpc) is 2.75. The first-order chi connectivity index (χ1) is 13.7. The minimum Gasteiger partial charge on any atom is -0.508 e. The number of phenols is 1. The molecule has 3 rings (SSSR count). The van der Waals surface area contributed by atoms with Crippen LogP contribution in [0.15, 0.2) is 23.2 Å². The normalized spacial score (nSPS) is 20.8. The summed E-state index contributed by atoms with van der Waals surface area (Å²) in [7, 11) is 3.41. The second kappa shape index (κ2) is 12.4. The van der Waals surface area contributed by atoms with Crippen LogP contribution in [0.2, 0.25) is 0 Å². The standard InChI is InChI=1S/C21H33N3O4.HI/c1-22-21(23-14-16-13-18(26-2)6-7-20(16)25)24-10-8-17(9-11-24)28-15-19-5-3-4-12-27-19;/h6-7,13,17,19,25H,3-5,8-12,14-15H2,1-2H3,(H,22,23);1H. The summed E-state index contributed by atoms with van der Waals surface area (Å²) in [5, 5.41) is 13.4. The van der Waals surface area contributed by atoms with Crippen molar-refractivity contribution >= 4 is 29.9 Å². The SMILES string of the molecule is CN=C(NCc1cc(OC)ccc1O)N1CCC(OCC2CCCCO2)CC1.I. The van der Waals surface area contributed by atoms with Gasteiger partial charge >= 0.3 is 0 Å². The van der Waals surface area contributed by atoms with Gasteiger partial charge in [0, 0.05) is 38.9 Å². The summed E-state index contributed by atoms with van der Waals surface area (Å²) in [6.45, 7) is 3.88. The number of hydrogen-bond acceptors (Lipinski definition) is 5. The van der Waals surface area contributed by atoms with Crippen LogP contribution >= 0.6 is 24.0 Å². The molecule has 0 aromatic heterocycles. The number of hydrogen-bond donors (Lipinski definition) is 2. The van der Waals surface area contributed by atoms with Crippen molar-refractivity contribution in [2.75, 3.05) is 40.5 Å². The molecule has 1 aromatic rings. The largest absolute Gasteiger partial charge is 0.508 e. The van der Waals surface area contributed by atoms with Gasteiger partial charge in [0.1, 0.15) is 11.5 Å². The Kier molecular flexibility index (Phi) is 10.3. The van der Waals surface area contributed by atoms with Crippen molar-refractivity contribution in [3.05, 3.63) is 23.8 Å². The zero-order valence-electron chi connectivity index (χ0n) is 17.4. The van der Waals surface area contributed by atoms with E-state index < -0.39 is 0 Å². The number of ether oxygens (including phenoxy) is 3. The minimum absolute atomic E-state index is 0. The maximum Gasteiger partial charge on any atom is 0.193 e. The van der Waals surface area contributed by atoms with E-state index in [0.717, 1.165) is 56.2 Å². The van der Waals surface area contributed by atoms with Crippen LogP contribution in [0, 0.1) is 0 Å². The molecule has 7 nitrogen and oxygen atoms in total. The molecular weight excluding hydrogens is 485 g/mol. The highest BCUT2D eigenvalue weighted by atomic mass is 127. The molecule has 29 heavy (non-hydrogen) atoms. The molecule has 0 radical (unpaired) electrons. The molecule has 0 amide bonds. The number of piperidine rings is 1. The summed E-state index contributed by atoms with van der Waals surface area (Å²) in [6.07, 6.45) is 6.08. The third kappa shape index (κ3) is 7.18. The van der Waals surface area contributed by atoms with E-state index in [4.69, 9.17) is 14.2 Å². The maximum absolute atomic E-state index is 10.1. The molecule has 2 aliphatic rings. The number of nitrogens with zero attached hydrogens (tertiary/aromatic N) is 2. The molecule has 164 valence electrons. The smallest absolute Gasteiger partial charge is 0.193 e. The second-order valence-corrected chi connectivity index (χ2v) is 7.40. The van der Waals surface area contributed by atoms with E-state index in [0.29, 0.717) is 19.3 Å². The number of guanidine groups is 1. The Morgan fingerprint density at radius 2 is 2.07 bits per heavy atom. The van der Waals surface area contributed by atoms with E-state index in [1.165, 1.54) is 12.8 Å². The van der Waals surface area contributed by atoms with Gasteiger partial charge < -0.3 is 29.5 Å². The number of phenolic OH excluding ortho intramolecular Hbond substituents is 1. The number of rotatable bonds is 6. The van der Waals surface area contributed by atoms with Crippen LogP contribution in [0.3, 0.4) is 0 Å². The fourth-order valence-corrected chi connectivity index (χ4v) is 3.75. The fourth-order valence-electron chi connectivity index (χ4n) is 3.75. The highest BCUT2D eigenvalue weighted by molar-refractivity contribution is 14.0. The summed E-state index contributed by atoms with van der Waals surface area (Å²) in [6, 6.07) is 5.23. The summed E-state index contributed by atoms with van der Waals surface area (Å²) in [5.41, 5.74) is 0.784. The van der Waals surface area contributed by atoms with Crippen molar-refractivity contribution < 1.29 is 19.3 Å². The summed E-state index contributed by atoms with van der Waals surface area (Å²) in [5.74, 6) is 1.82. The molecule has 1 aromatic carbocycles. The van der Waals surface area contributed by atoms with E-state index in [-0.39, 0.29) is 35.8 Å². The molecule has 1 atom stereocenters. The molecule has 8 heteroatoms. The van der Waals surface area contributed by atoms with Gasteiger partial charge in [-0.2, -0.15) is 0 Å². The van der Waals surface area contributed by atoms with E-state index in [1.54, 1.807) is 26.3 Å². The molecular formula is C21H34IN3O4. The van der Waals surface area contributed by atoms with Gasteiger partial charge in [-0.15, -0.1) is 24.0 Å². The van der Waals surface area contributed by atoms with Crippen molar-refractivity contribution in [1.29, 1.82) is 0 Å². The van der Waals surface area contributed by atoms with Gasteiger partial charge in [-0.05, 0) is 50.3 Å². The lowest BCUT2D eigenvalue weighted by molar-refractivity contribution is -0.0721. The third-order valence-electron chi connectivity index (χ3n) is 5.47. The Morgan fingerprint density at radius 3 is 2.72 bits per heavy atom. The number of methoxy groups -OCH3 is 1. The van der Waals surface area contributed by atoms with Crippen molar-refractivity contribution in [2.24, 2.45) is 4.99 Å². The first-order valence-electron chi connectivity index (χ1n) is 10.2. The van der Waals surface area contributed by atoms with E-state index >= 15 is 0 Å². The van der Waals surface area contributed by atoms with Gasteiger partial charge in [0.25, 0.3) is 0 Å². The third-order valence-corrected chi connectivity index (χ3v) is 5.47. The molecule has 2 fully saturated rings. The van der Waals surface area contributed by atoms with Gasteiger partial charge in [-0.25, -0.2) is 0 Å². The maximum atomic E-state index is 10.1. The quantitative estimate of drug-likeness (QED) is 0.342. The van der Waals surface area contributed by atoms with E-state index in [1.807, 2.05) is 6.07 Å². The number of aromatic hydroxyl groups is 1. The summed E-state index contributed by atoms with van der Waals surface area (Å²) >= 11 is 0. The van der Waals surface area contributed by atoms with Gasteiger partial charge in [0.15, 0.2) is 5.96 Å². The van der Waals surface area contributed by atoms with Crippen LogP contribution in [0.5, 0.6) is 11.5 Å². The van der Waals surface area contributed by atoms with E-state index in [2.05, 4.69) is 15.2 Å². The molecule has 0 aliphatic carbocycles. The van der Waals surface area contributed by atoms with Crippen LogP contribution in [-0.4, -0.2) is 68.6 Å². The zero-order chi connectivity index (χ0) is 19.8. The van der Waals surface area contributed by atoms with Gasteiger partial charge in [0.2, 0.25) is 0 Å². The number of nitrogens with one attached hydrogen (secondary N) is 1. The van der Waals surface area contributed by atoms with Crippen LogP contribution in [-0.2, 0) is 16.0 Å². The minimum atomic E-state index is 0. The average molecular weight is 519 g/mol. The lowest BCUT2D eigenvalue weighted by Crippen LogP contribution is -2.47. The van der Waals surface area contributed by atoms with Crippen molar-refractivity contribution in [2.45, 2.75) is 50.9 Å². The Labute approximate surface area is 190 Å². The topological polar surface area (TPSA) is 75.6 Å². The van der Waals surface area contributed by atoms with Crippen molar-refractivity contribution in [3.63, 3.8) is 0 Å². The Morgan fingerprint density at radius 1 is 1.28 bits per heavy atom. The van der Waals surface area contributed by atoms with Crippen LogP contribution in [0.1, 0.15) is 37.7 Å². The number of benzene rings is 1. The van der Waals surface area contributed by atoms with Crippen molar-refractivity contribution in [1.82, 2.24) is 10.2 Å². The van der Waals surface area contributed by atoms with Crippen LogP contribution < -0.4 is 10.1 Å². The first kappa shape index (κ1) is 24.0. The predicted molar refractivity (Wildman–Crippen MR) is 124 cm³/mol. The first-order valence-corrected chi connectivity index (χ1v) is 10.2. The molecule has 0 saturated carbocycles. The number of likely N-dealkylation sites (tertiary alicyclic amines) is 1. The molecule has 2 aliphatic heterocycles. The van der Waals surface area contributed by atoms with Gasteiger partial charge in [-0.3, -0.25) is 4.99 Å². The Balaban J connectivity index is 0.00000300. The second-order valence-electron chi connectivity index (χ2n) is 7.40. The fraction of sp³-hybridized carbons (Fsp3) is 0.667. The molecule has 2 heterocycles. The number of halogens is 1. The van der Waals surface area contributed by atoms with Gasteiger partial charge in [0.05, 0.1) is 25.9 Å². The molecule has 2 saturated heterocycles. The van der Waals surface area contributed by atoms with Gasteiger partial charge in [-0.1, -0.05) is 0 Å². The lowest BCUT2D eigenvalue weighted by atomic mass is 10.1. The highest BCUT2D eigenvalue weighted by Gasteiger charge is 2.23. The Bertz CT molecular complexity index is 645. The number of aliphatic imine (C=N–C) groups is 1. The molecule has 1 unspecified atom stereocenters. The van der Waals surface area contributed by atoms with Crippen LogP contribution in [0.25, 0.3) is 0 Å². The molecule has 0 spiro atoms. The lowest BCUT2D eigenvalue weighted by Gasteiger charge is -2.35. The van der Waals surface area contributed by atoms with Crippen molar-refractivity contribution in [3.8, 4) is 11.5 Å². The van der Waals surface area contributed by atoms with Crippen LogP contribution in [0.4, 0.5) is 0 Å². The summed E-state index contributed by atoms with van der Waals surface area (Å²) < 4.78 is 17.1. The summed E-state index contributed by atoms with van der Waals surface area (Å²) in [4.78, 5) is 6.65. The monoisotopic (exact) mass is 519 g/mol. The highest BCUT2D eigenvalue weighted by Crippen LogP contribution is 2.23. The predicted octanol–water partition coefficient (Wildman–Crippen LogP) is 3.14.